The number of hydrogen-bond acceptors (Lipinski definition) is 20. The van der Waals surface area contributed by atoms with Crippen LogP contribution >= 0.6 is 11.6 Å². The fourth-order valence-corrected chi connectivity index (χ4v) is 12.2. The molecule has 0 spiro atoms. The molecule has 9 aliphatic heterocycles. The molecule has 27 heteroatoms. The minimum absolute atomic E-state index is 0. The molecule has 9 fully saturated rings. The SMILES string of the molecule is C.C.CN(C)C=Nc1cc(C(F)F)c(B2OC(C)(C)C(C)(C)O2)cn1.Clc1nc(N2C3CCC2COC3)nc(N2C3CCC2COC3)n1.Nc1cc(C(F)F)c(-c2nc(N3C4CCC3COC4)nc(N3C4CCC3COC4)n2)cn1. The molecule has 0 aliphatic carbocycles. The molecule has 0 aromatic carbocycles. The van der Waals surface area contributed by atoms with E-state index in [1.807, 2.05) is 27.7 Å². The summed E-state index contributed by atoms with van der Waals surface area (Å²) in [5, 5.41) is 0.279. The van der Waals surface area contributed by atoms with Crippen molar-refractivity contribution in [1.82, 2.24) is 44.8 Å². The highest BCUT2D eigenvalue weighted by Gasteiger charge is 2.53. The van der Waals surface area contributed by atoms with E-state index in [2.05, 4.69) is 54.5 Å². The maximum absolute atomic E-state index is 13.9. The van der Waals surface area contributed by atoms with Crippen molar-refractivity contribution in [2.75, 3.05) is 92.3 Å². The van der Waals surface area contributed by atoms with Crippen molar-refractivity contribution in [2.45, 2.75) is 166 Å². The minimum atomic E-state index is -2.72. The van der Waals surface area contributed by atoms with Gasteiger partial charge in [0.05, 0.1) is 119 Å². The quantitative estimate of drug-likeness (QED) is 0.0716. The van der Waals surface area contributed by atoms with Gasteiger partial charge in [-0.05, 0) is 103 Å². The van der Waals surface area contributed by atoms with E-state index in [4.69, 9.17) is 55.6 Å². The lowest BCUT2D eigenvalue weighted by Crippen LogP contribution is -2.48. The lowest BCUT2D eigenvalue weighted by Gasteiger charge is -2.37. The van der Waals surface area contributed by atoms with Crippen molar-refractivity contribution in [3.63, 3.8) is 0 Å². The number of alkyl halides is 4. The van der Waals surface area contributed by atoms with Gasteiger partial charge in [0, 0.05) is 48.6 Å². The Morgan fingerprint density at radius 3 is 1.32 bits per heavy atom. The van der Waals surface area contributed by atoms with Gasteiger partial charge in [0.2, 0.25) is 29.1 Å². The zero-order valence-corrected chi connectivity index (χ0v) is 45.5. The Morgan fingerprint density at radius 1 is 0.588 bits per heavy atom. The van der Waals surface area contributed by atoms with E-state index in [0.717, 1.165) is 77.8 Å². The van der Waals surface area contributed by atoms with E-state index >= 15 is 0 Å². The summed E-state index contributed by atoms with van der Waals surface area (Å²) in [6.45, 7) is 12.9. The highest BCUT2D eigenvalue weighted by atomic mass is 35.5. The molecule has 436 valence electrons. The number of ether oxygens (including phenoxy) is 4. The maximum Gasteiger partial charge on any atom is 0.496 e. The molecular formula is C53H75BClF4N15O6. The van der Waals surface area contributed by atoms with Crippen LogP contribution in [0.4, 0.5) is 53.0 Å². The third-order valence-electron chi connectivity index (χ3n) is 16.6. The zero-order chi connectivity index (χ0) is 54.6. The Balaban J connectivity index is 0.000000147. The summed E-state index contributed by atoms with van der Waals surface area (Å²) in [6.07, 6.45) is 7.31. The predicted octanol–water partition coefficient (Wildman–Crippen LogP) is 7.26. The molecule has 13 heterocycles. The van der Waals surface area contributed by atoms with Crippen molar-refractivity contribution in [3.05, 3.63) is 40.9 Å². The zero-order valence-electron chi connectivity index (χ0n) is 44.7. The number of nitrogen functional groups attached to an aromatic ring is 1. The van der Waals surface area contributed by atoms with Crippen LogP contribution in [0, 0.1) is 0 Å². The molecule has 0 amide bonds. The Hall–Kier alpha value is -5.38. The fraction of sp³-hybridized carbons (Fsp3) is 0.679. The van der Waals surface area contributed by atoms with Crippen molar-refractivity contribution >= 4 is 65.9 Å². The van der Waals surface area contributed by atoms with Crippen molar-refractivity contribution < 1.29 is 45.8 Å². The first-order valence-corrected chi connectivity index (χ1v) is 27.3. The van der Waals surface area contributed by atoms with E-state index in [1.54, 1.807) is 19.0 Å². The number of fused-ring (bicyclic) bond motifs is 8. The van der Waals surface area contributed by atoms with Crippen LogP contribution in [0.1, 0.15) is 118 Å². The summed E-state index contributed by atoms with van der Waals surface area (Å²) in [4.78, 5) is 50.7. The molecular weight excluding hydrogens is 1060 g/mol. The average Bonchev–Trinajstić information content (AvgIpc) is 4.20. The van der Waals surface area contributed by atoms with Gasteiger partial charge in [-0.15, -0.1) is 0 Å². The Kier molecular flexibility index (Phi) is 17.9. The number of halogens is 5. The fourth-order valence-electron chi connectivity index (χ4n) is 12.0. The predicted molar refractivity (Wildman–Crippen MR) is 298 cm³/mol. The van der Waals surface area contributed by atoms with Crippen molar-refractivity contribution in [3.8, 4) is 11.4 Å². The van der Waals surface area contributed by atoms with Gasteiger partial charge < -0.3 is 58.5 Å². The van der Waals surface area contributed by atoms with Gasteiger partial charge >= 0.3 is 7.12 Å². The van der Waals surface area contributed by atoms with Gasteiger partial charge in [-0.3, -0.25) is 0 Å². The minimum Gasteiger partial charge on any atom is -0.399 e. The molecule has 80 heavy (non-hydrogen) atoms. The monoisotopic (exact) mass is 1140 g/mol. The number of nitrogens with two attached hydrogens (primary N) is 1. The number of morpholine rings is 4. The molecule has 13 rings (SSSR count). The van der Waals surface area contributed by atoms with E-state index in [-0.39, 0.29) is 83.9 Å². The van der Waals surface area contributed by atoms with Crippen LogP contribution in [0.2, 0.25) is 5.28 Å². The number of anilines is 5. The molecule has 8 atom stereocenters. The Labute approximate surface area is 470 Å². The summed E-state index contributed by atoms with van der Waals surface area (Å²) in [7, 11) is 2.70. The van der Waals surface area contributed by atoms with Crippen LogP contribution in [0.3, 0.4) is 0 Å². The van der Waals surface area contributed by atoms with E-state index < -0.39 is 31.2 Å². The number of rotatable bonds is 10. The van der Waals surface area contributed by atoms with Crippen LogP contribution in [-0.2, 0) is 28.3 Å². The smallest absolute Gasteiger partial charge is 0.399 e. The van der Waals surface area contributed by atoms with E-state index in [9.17, 15) is 17.6 Å². The van der Waals surface area contributed by atoms with Crippen LogP contribution in [-0.4, -0.2) is 185 Å². The van der Waals surface area contributed by atoms with Crippen molar-refractivity contribution in [1.29, 1.82) is 0 Å². The largest absolute Gasteiger partial charge is 0.496 e. The number of nitrogens with zero attached hydrogens (tertiary/aromatic N) is 14. The summed E-state index contributed by atoms with van der Waals surface area (Å²) < 4.78 is 89.0. The Bertz CT molecular complexity index is 2660. The second-order valence-corrected chi connectivity index (χ2v) is 22.9. The average molecular weight is 1140 g/mol. The molecule has 4 aromatic heterocycles. The van der Waals surface area contributed by atoms with E-state index in [1.165, 1.54) is 30.9 Å². The number of hydrogen-bond donors (Lipinski definition) is 1. The van der Waals surface area contributed by atoms with Crippen LogP contribution in [0.5, 0.6) is 0 Å². The molecule has 0 saturated carbocycles. The van der Waals surface area contributed by atoms with Crippen molar-refractivity contribution in [2.24, 2.45) is 4.99 Å². The summed E-state index contributed by atoms with van der Waals surface area (Å²) in [5.41, 5.74) is 4.50. The lowest BCUT2D eigenvalue weighted by molar-refractivity contribution is 0.00578. The number of pyridine rings is 2. The first-order chi connectivity index (χ1) is 37.4. The topological polar surface area (TPSA) is 213 Å². The third-order valence-corrected chi connectivity index (χ3v) is 16.8. The van der Waals surface area contributed by atoms with Gasteiger partial charge in [-0.1, -0.05) is 14.9 Å². The molecule has 0 radical (unpaired) electrons. The molecule has 9 aliphatic rings. The van der Waals surface area contributed by atoms with Crippen LogP contribution < -0.4 is 30.8 Å². The second-order valence-electron chi connectivity index (χ2n) is 22.5. The van der Waals surface area contributed by atoms with Crippen LogP contribution in [0.25, 0.3) is 11.4 Å². The lowest BCUT2D eigenvalue weighted by atomic mass is 9.77. The number of aliphatic imine (C=N–C) groups is 1. The molecule has 4 aromatic rings. The first-order valence-electron chi connectivity index (χ1n) is 26.9. The first kappa shape index (κ1) is 59.3. The molecule has 8 bridgehead atoms. The van der Waals surface area contributed by atoms with Gasteiger partial charge in [0.1, 0.15) is 5.82 Å². The summed E-state index contributed by atoms with van der Waals surface area (Å²) >= 11 is 6.24. The van der Waals surface area contributed by atoms with Gasteiger partial charge in [-0.25, -0.2) is 32.5 Å². The normalized spacial score (nSPS) is 27.7. The van der Waals surface area contributed by atoms with Crippen LogP contribution in [0.15, 0.2) is 29.5 Å². The molecule has 2 N–H and O–H groups in total. The second kappa shape index (κ2) is 24.2. The van der Waals surface area contributed by atoms with E-state index in [0.29, 0.717) is 74.4 Å². The van der Waals surface area contributed by atoms with Gasteiger partial charge in [0.25, 0.3) is 12.9 Å². The molecule has 9 saturated heterocycles. The highest BCUT2D eigenvalue weighted by Crippen LogP contribution is 2.41. The summed E-state index contributed by atoms with van der Waals surface area (Å²) in [5.74, 6) is 2.91. The molecule has 21 nitrogen and oxygen atoms in total. The van der Waals surface area contributed by atoms with Gasteiger partial charge in [0.15, 0.2) is 11.6 Å². The maximum atomic E-state index is 13.9. The highest BCUT2D eigenvalue weighted by molar-refractivity contribution is 6.62. The third kappa shape index (κ3) is 11.9. The van der Waals surface area contributed by atoms with Gasteiger partial charge in [-0.2, -0.15) is 29.9 Å². The Morgan fingerprint density at radius 2 is 0.963 bits per heavy atom. The number of aromatic nitrogens is 8. The summed E-state index contributed by atoms with van der Waals surface area (Å²) in [6, 6.07) is 4.63. The standard InChI is InChI=1S/C21H25F2N7O2.C15H22BF2N3O2.C15H20ClN5O2.2CH4/c22-18(23)15-5-17(24)25-6-16(15)19-26-20(29-11-1-2-12(29)8-31-7-11)28-21(27-19)30-13-3-4-14(30)10-32-9-13;1-14(2)15(3,4)23-16(22-14)11-8-19-12(20-9-21(5)6)7-10(11)13(17)18;16-13-17-14(20-9-1-2-10(20)6-22-5-9)19-15(18-13)21-11-3-4-12(21)8-23-7-11;;/h5-6,11-14,18H,1-4,7-10H2,(H2,24,25);7-9,13H,1-6H3;9-12H,1-8H2;2*1H4. The molecule has 8 unspecified atom stereocenters.